The molecule has 16 heavy (non-hydrogen) atoms. The van der Waals surface area contributed by atoms with Crippen LogP contribution < -0.4 is 5.32 Å². The zero-order valence-corrected chi connectivity index (χ0v) is 9.20. The first-order chi connectivity index (χ1) is 7.77. The van der Waals surface area contributed by atoms with E-state index in [-0.39, 0.29) is 0 Å². The molecule has 0 aliphatic heterocycles. The molecule has 1 fully saturated rings. The minimum absolute atomic E-state index is 0.417. The van der Waals surface area contributed by atoms with Crippen molar-refractivity contribution in [2.24, 2.45) is 0 Å². The molecule has 0 bridgehead atoms. The predicted octanol–water partition coefficient (Wildman–Crippen LogP) is 2.70. The quantitative estimate of drug-likeness (QED) is 0.860. The maximum absolute atomic E-state index is 12.5. The Morgan fingerprint density at radius 3 is 2.81 bits per heavy atom. The fourth-order valence-corrected chi connectivity index (χ4v) is 2.20. The van der Waals surface area contributed by atoms with E-state index in [0.29, 0.717) is 18.4 Å². The van der Waals surface area contributed by atoms with Crippen LogP contribution in [0.25, 0.3) is 0 Å². The van der Waals surface area contributed by atoms with Crippen LogP contribution >= 0.6 is 0 Å². The summed E-state index contributed by atoms with van der Waals surface area (Å²) < 4.78 is 26.0. The fraction of sp³-hybridized carbons (Fsp3) is 0.727. The first-order valence-electron chi connectivity index (χ1n) is 5.80. The van der Waals surface area contributed by atoms with Crippen LogP contribution in [0.3, 0.4) is 0 Å². The molecule has 90 valence electrons. The number of imidazole rings is 1. The average molecular weight is 229 g/mol. The van der Waals surface area contributed by atoms with Gasteiger partial charge in [0.1, 0.15) is 5.82 Å². The number of alkyl halides is 2. The Labute approximate surface area is 93.9 Å². The van der Waals surface area contributed by atoms with E-state index in [4.69, 9.17) is 0 Å². The minimum atomic E-state index is -2.49. The maximum Gasteiger partial charge on any atom is 0.319 e. The van der Waals surface area contributed by atoms with Gasteiger partial charge >= 0.3 is 6.55 Å². The van der Waals surface area contributed by atoms with Gasteiger partial charge in [0.15, 0.2) is 0 Å². The third-order valence-electron chi connectivity index (χ3n) is 3.11. The van der Waals surface area contributed by atoms with Gasteiger partial charge in [0, 0.05) is 18.4 Å². The van der Waals surface area contributed by atoms with Gasteiger partial charge in [-0.2, -0.15) is 8.78 Å². The van der Waals surface area contributed by atoms with Crippen molar-refractivity contribution in [2.45, 2.75) is 51.2 Å². The monoisotopic (exact) mass is 229 g/mol. The van der Waals surface area contributed by atoms with E-state index in [1.54, 1.807) is 0 Å². The summed E-state index contributed by atoms with van der Waals surface area (Å²) in [4.78, 5) is 3.94. The van der Waals surface area contributed by atoms with E-state index >= 15 is 0 Å². The Morgan fingerprint density at radius 1 is 1.38 bits per heavy atom. The van der Waals surface area contributed by atoms with Gasteiger partial charge in [0.25, 0.3) is 0 Å². The van der Waals surface area contributed by atoms with Crippen LogP contribution in [-0.4, -0.2) is 15.6 Å². The average Bonchev–Trinajstić information content (AvgIpc) is 2.76. The van der Waals surface area contributed by atoms with E-state index < -0.39 is 6.55 Å². The zero-order chi connectivity index (χ0) is 11.4. The molecule has 3 nitrogen and oxygen atoms in total. The van der Waals surface area contributed by atoms with Gasteiger partial charge in [-0.05, 0) is 12.8 Å². The second-order valence-corrected chi connectivity index (χ2v) is 4.24. The van der Waals surface area contributed by atoms with E-state index in [1.165, 1.54) is 31.7 Å². The van der Waals surface area contributed by atoms with Gasteiger partial charge in [-0.15, -0.1) is 0 Å². The molecule has 0 atom stereocenters. The van der Waals surface area contributed by atoms with Crippen molar-refractivity contribution in [3.05, 3.63) is 18.2 Å². The molecule has 0 unspecified atom stereocenters. The highest BCUT2D eigenvalue weighted by molar-refractivity contribution is 4.93. The Kier molecular flexibility index (Phi) is 3.88. The van der Waals surface area contributed by atoms with Crippen LogP contribution in [0.15, 0.2) is 12.4 Å². The largest absolute Gasteiger partial charge is 0.319 e. The number of halogens is 2. The molecule has 1 N–H and O–H groups in total. The van der Waals surface area contributed by atoms with Crippen LogP contribution in [0.1, 0.15) is 44.5 Å². The summed E-state index contributed by atoms with van der Waals surface area (Å²) in [6.45, 7) is -2.06. The molecular weight excluding hydrogens is 212 g/mol. The molecule has 0 spiro atoms. The molecule has 1 heterocycles. The Morgan fingerprint density at radius 2 is 2.12 bits per heavy atom. The molecule has 1 aromatic heterocycles. The van der Waals surface area contributed by atoms with Crippen molar-refractivity contribution in [1.82, 2.24) is 14.9 Å². The second-order valence-electron chi connectivity index (χ2n) is 4.24. The summed E-state index contributed by atoms with van der Waals surface area (Å²) in [5.41, 5.74) is 0. The van der Waals surface area contributed by atoms with Crippen molar-refractivity contribution in [2.75, 3.05) is 0 Å². The molecule has 0 radical (unpaired) electrons. The number of nitrogens with one attached hydrogen (secondary N) is 1. The number of hydrogen-bond acceptors (Lipinski definition) is 2. The lowest BCUT2D eigenvalue weighted by Gasteiger charge is -2.22. The van der Waals surface area contributed by atoms with Gasteiger partial charge < -0.3 is 5.32 Å². The Bertz CT molecular complexity index is 319. The summed E-state index contributed by atoms with van der Waals surface area (Å²) in [6.07, 6.45) is 8.81. The number of nitrogens with zero attached hydrogens (tertiary/aromatic N) is 2. The van der Waals surface area contributed by atoms with Crippen molar-refractivity contribution in [3.8, 4) is 0 Å². The molecule has 0 amide bonds. The van der Waals surface area contributed by atoms with Gasteiger partial charge in [-0.25, -0.2) is 4.98 Å². The third kappa shape index (κ3) is 2.78. The van der Waals surface area contributed by atoms with Crippen molar-refractivity contribution < 1.29 is 8.78 Å². The number of aromatic nitrogens is 2. The fourth-order valence-electron chi connectivity index (χ4n) is 2.20. The Balaban J connectivity index is 1.86. The van der Waals surface area contributed by atoms with Gasteiger partial charge in [0.05, 0.1) is 6.54 Å². The molecule has 1 aromatic rings. The molecule has 0 saturated heterocycles. The highest BCUT2D eigenvalue weighted by Crippen LogP contribution is 2.18. The highest BCUT2D eigenvalue weighted by Gasteiger charge is 2.15. The van der Waals surface area contributed by atoms with Crippen LogP contribution in [0.5, 0.6) is 0 Å². The molecule has 0 aromatic carbocycles. The number of rotatable bonds is 4. The molecule has 2 rings (SSSR count). The molecular formula is C11H17F2N3. The van der Waals surface area contributed by atoms with Crippen molar-refractivity contribution >= 4 is 0 Å². The van der Waals surface area contributed by atoms with Crippen LogP contribution in [-0.2, 0) is 6.54 Å². The second kappa shape index (κ2) is 5.39. The zero-order valence-electron chi connectivity index (χ0n) is 9.20. The van der Waals surface area contributed by atoms with E-state index in [1.807, 2.05) is 0 Å². The minimum Gasteiger partial charge on any atom is -0.307 e. The summed E-state index contributed by atoms with van der Waals surface area (Å²) >= 11 is 0. The topological polar surface area (TPSA) is 29.9 Å². The SMILES string of the molecule is FC(F)n1ccnc1CNC1CCCCC1. The van der Waals surface area contributed by atoms with Gasteiger partial charge in [0.2, 0.25) is 0 Å². The number of hydrogen-bond donors (Lipinski definition) is 1. The van der Waals surface area contributed by atoms with Crippen molar-refractivity contribution in [3.63, 3.8) is 0 Å². The van der Waals surface area contributed by atoms with E-state index in [0.717, 1.165) is 17.4 Å². The van der Waals surface area contributed by atoms with Crippen molar-refractivity contribution in [1.29, 1.82) is 0 Å². The molecule has 1 aliphatic rings. The smallest absolute Gasteiger partial charge is 0.307 e. The van der Waals surface area contributed by atoms with Crippen LogP contribution in [0.2, 0.25) is 0 Å². The first-order valence-corrected chi connectivity index (χ1v) is 5.80. The van der Waals surface area contributed by atoms with E-state index in [9.17, 15) is 8.78 Å². The summed E-state index contributed by atoms with van der Waals surface area (Å²) in [6, 6.07) is 0.469. The Hall–Kier alpha value is -0.970. The lowest BCUT2D eigenvalue weighted by atomic mass is 9.95. The van der Waals surface area contributed by atoms with Gasteiger partial charge in [-0.3, -0.25) is 4.57 Å². The van der Waals surface area contributed by atoms with Crippen LogP contribution in [0, 0.1) is 0 Å². The lowest BCUT2D eigenvalue weighted by molar-refractivity contribution is 0.0664. The lowest BCUT2D eigenvalue weighted by Crippen LogP contribution is -2.31. The highest BCUT2D eigenvalue weighted by atomic mass is 19.3. The van der Waals surface area contributed by atoms with E-state index in [2.05, 4.69) is 10.3 Å². The first kappa shape index (κ1) is 11.5. The normalized spacial score (nSPS) is 18.2. The molecule has 5 heteroatoms. The predicted molar refractivity (Wildman–Crippen MR) is 57.2 cm³/mol. The third-order valence-corrected chi connectivity index (χ3v) is 3.11. The summed E-state index contributed by atoms with van der Waals surface area (Å²) in [7, 11) is 0. The molecule has 1 saturated carbocycles. The maximum atomic E-state index is 12.5. The molecule has 1 aliphatic carbocycles. The van der Waals surface area contributed by atoms with Crippen LogP contribution in [0.4, 0.5) is 8.78 Å². The van der Waals surface area contributed by atoms with Gasteiger partial charge in [-0.1, -0.05) is 19.3 Å². The standard InChI is InChI=1S/C11H17F2N3/c12-11(13)16-7-6-14-10(16)8-15-9-4-2-1-3-5-9/h6-7,9,11,15H,1-5,8H2. The summed E-state index contributed by atoms with van der Waals surface area (Å²) in [5, 5.41) is 3.30. The summed E-state index contributed by atoms with van der Waals surface area (Å²) in [5.74, 6) is 0.417.